The second-order valence-electron chi connectivity index (χ2n) is 6.05. The van der Waals surface area contributed by atoms with Crippen LogP contribution >= 0.6 is 0 Å². The van der Waals surface area contributed by atoms with Crippen LogP contribution in [0.25, 0.3) is 0 Å². The van der Waals surface area contributed by atoms with Crippen LogP contribution < -0.4 is 10.6 Å². The van der Waals surface area contributed by atoms with Gasteiger partial charge in [-0.1, -0.05) is 0 Å². The summed E-state index contributed by atoms with van der Waals surface area (Å²) in [5, 5.41) is 14.8. The van der Waals surface area contributed by atoms with Gasteiger partial charge in [0.15, 0.2) is 9.84 Å². The fraction of sp³-hybridized carbons (Fsp3) is 0.375. The predicted octanol–water partition coefficient (Wildman–Crippen LogP) is 2.82. The number of anilines is 3. The normalized spacial score (nSPS) is 14.5. The maximum absolute atomic E-state index is 13.2. The van der Waals surface area contributed by atoms with Crippen LogP contribution in [0.5, 0.6) is 0 Å². The zero-order valence-electron chi connectivity index (χ0n) is 14.7. The van der Waals surface area contributed by atoms with Gasteiger partial charge in [-0.2, -0.15) is 18.2 Å². The number of alkyl halides is 3. The van der Waals surface area contributed by atoms with Crippen molar-refractivity contribution in [3.05, 3.63) is 36.0 Å². The molecule has 0 spiro atoms. The molecule has 148 valence electrons. The van der Waals surface area contributed by atoms with Gasteiger partial charge >= 0.3 is 6.18 Å². The fourth-order valence-electron chi connectivity index (χ4n) is 2.01. The molecule has 1 aromatic heterocycles. The first kappa shape index (κ1) is 20.9. The van der Waals surface area contributed by atoms with Gasteiger partial charge in [0.1, 0.15) is 11.4 Å². The van der Waals surface area contributed by atoms with Crippen LogP contribution in [0.3, 0.4) is 0 Å². The zero-order chi connectivity index (χ0) is 20.4. The van der Waals surface area contributed by atoms with Crippen LogP contribution in [0, 0.1) is 0 Å². The van der Waals surface area contributed by atoms with Crippen molar-refractivity contribution in [3.8, 4) is 0 Å². The van der Waals surface area contributed by atoms with Crippen molar-refractivity contribution in [2.75, 3.05) is 16.9 Å². The second kappa shape index (κ2) is 7.69. The molecule has 7 nitrogen and oxygen atoms in total. The summed E-state index contributed by atoms with van der Waals surface area (Å²) in [5.74, 6) is -0.587. The van der Waals surface area contributed by atoms with Gasteiger partial charge in [-0.05, 0) is 38.1 Å². The van der Waals surface area contributed by atoms with Crippen molar-refractivity contribution in [1.29, 1.82) is 0 Å². The molecule has 0 aliphatic rings. The molecule has 0 radical (unpaired) electrons. The van der Waals surface area contributed by atoms with Crippen molar-refractivity contribution in [1.82, 2.24) is 9.97 Å². The molecule has 11 heteroatoms. The summed E-state index contributed by atoms with van der Waals surface area (Å²) >= 11 is 0. The molecule has 2 aromatic rings. The van der Waals surface area contributed by atoms with Gasteiger partial charge in [0.2, 0.25) is 5.95 Å². The number of benzene rings is 1. The van der Waals surface area contributed by atoms with Gasteiger partial charge in [-0.15, -0.1) is 0 Å². The van der Waals surface area contributed by atoms with E-state index in [0.29, 0.717) is 11.9 Å². The van der Waals surface area contributed by atoms with E-state index in [1.807, 2.05) is 0 Å². The first-order chi connectivity index (χ1) is 12.4. The maximum atomic E-state index is 13.2. The fourth-order valence-corrected chi connectivity index (χ4v) is 2.64. The number of aliphatic hydroxyl groups excluding tert-OH is 1. The first-order valence-corrected chi connectivity index (χ1v) is 9.73. The molecule has 2 atom stereocenters. The van der Waals surface area contributed by atoms with Gasteiger partial charge in [0.25, 0.3) is 0 Å². The smallest absolute Gasteiger partial charge is 0.391 e. The number of rotatable bonds is 6. The van der Waals surface area contributed by atoms with Crippen molar-refractivity contribution in [3.63, 3.8) is 0 Å². The van der Waals surface area contributed by atoms with E-state index in [-0.39, 0.29) is 10.8 Å². The standard InChI is InChI=1S/C16H19F3N4O3S/c1-9(10(2)24)21-14-13(16(17,18)19)8-20-15(23-14)22-11-4-6-12(7-5-11)27(3,25)26/h4-10,24H,1-3H3,(H2,20,21,22,23). The molecule has 0 saturated heterocycles. The largest absolute Gasteiger partial charge is 0.421 e. The monoisotopic (exact) mass is 404 g/mol. The van der Waals surface area contributed by atoms with Crippen molar-refractivity contribution < 1.29 is 26.7 Å². The van der Waals surface area contributed by atoms with E-state index in [2.05, 4.69) is 20.6 Å². The summed E-state index contributed by atoms with van der Waals surface area (Å²) in [6.45, 7) is 2.96. The third-order valence-corrected chi connectivity index (χ3v) is 4.85. The Kier molecular flexibility index (Phi) is 5.95. The number of nitrogens with zero attached hydrogens (tertiary/aromatic N) is 2. The third kappa shape index (κ3) is 5.54. The number of aliphatic hydroxyl groups is 1. The minimum atomic E-state index is -4.67. The van der Waals surface area contributed by atoms with E-state index in [1.54, 1.807) is 0 Å². The van der Waals surface area contributed by atoms with Crippen LogP contribution in [0.15, 0.2) is 35.4 Å². The van der Waals surface area contributed by atoms with E-state index >= 15 is 0 Å². The quantitative estimate of drug-likeness (QED) is 0.680. The van der Waals surface area contributed by atoms with Crippen molar-refractivity contribution in [2.24, 2.45) is 0 Å². The lowest BCUT2D eigenvalue weighted by Crippen LogP contribution is -2.29. The Hall–Kier alpha value is -2.40. The molecule has 2 rings (SSSR count). The van der Waals surface area contributed by atoms with Gasteiger partial charge in [0, 0.05) is 18.1 Å². The van der Waals surface area contributed by atoms with E-state index in [4.69, 9.17) is 0 Å². The summed E-state index contributed by atoms with van der Waals surface area (Å²) in [7, 11) is -3.36. The number of nitrogens with one attached hydrogen (secondary N) is 2. The number of hydrogen-bond acceptors (Lipinski definition) is 7. The summed E-state index contributed by atoms with van der Waals surface area (Å²) in [5.41, 5.74) is -0.662. The molecule has 1 heterocycles. The van der Waals surface area contributed by atoms with Gasteiger partial charge < -0.3 is 15.7 Å². The number of hydrogen-bond donors (Lipinski definition) is 3. The van der Waals surface area contributed by atoms with Crippen LogP contribution in [-0.4, -0.2) is 41.9 Å². The molecule has 0 amide bonds. The molecule has 2 unspecified atom stereocenters. The summed E-state index contributed by atoms with van der Waals surface area (Å²) in [6, 6.07) is 4.93. The summed E-state index contributed by atoms with van der Waals surface area (Å²) in [4.78, 5) is 7.61. The van der Waals surface area contributed by atoms with Crippen LogP contribution in [0.4, 0.5) is 30.6 Å². The molecular formula is C16H19F3N4O3S. The SMILES string of the molecule is CC(O)C(C)Nc1nc(Nc2ccc(S(C)(=O)=O)cc2)ncc1C(F)(F)F. The van der Waals surface area contributed by atoms with E-state index in [9.17, 15) is 26.7 Å². The van der Waals surface area contributed by atoms with Gasteiger partial charge in [-0.25, -0.2) is 13.4 Å². The average Bonchev–Trinajstić information content (AvgIpc) is 2.53. The molecule has 0 aliphatic carbocycles. The second-order valence-corrected chi connectivity index (χ2v) is 8.06. The highest BCUT2D eigenvalue weighted by Crippen LogP contribution is 2.34. The Morgan fingerprint density at radius 2 is 1.74 bits per heavy atom. The topological polar surface area (TPSA) is 104 Å². The minimum absolute atomic E-state index is 0.106. The van der Waals surface area contributed by atoms with Gasteiger partial charge in [0.05, 0.1) is 17.0 Å². The third-order valence-electron chi connectivity index (χ3n) is 3.72. The van der Waals surface area contributed by atoms with E-state index in [1.165, 1.54) is 38.1 Å². The number of halogens is 3. The van der Waals surface area contributed by atoms with Gasteiger partial charge in [-0.3, -0.25) is 0 Å². The van der Waals surface area contributed by atoms with Crippen molar-refractivity contribution in [2.45, 2.75) is 37.1 Å². The molecule has 0 aliphatic heterocycles. The summed E-state index contributed by atoms with van der Waals surface area (Å²) < 4.78 is 62.4. The Morgan fingerprint density at radius 3 is 2.22 bits per heavy atom. The minimum Gasteiger partial charge on any atom is -0.391 e. The van der Waals surface area contributed by atoms with Crippen LogP contribution in [0.2, 0.25) is 0 Å². The molecule has 0 bridgehead atoms. The Morgan fingerprint density at radius 1 is 1.15 bits per heavy atom. The Bertz CT molecular complexity index is 900. The first-order valence-electron chi connectivity index (χ1n) is 7.84. The Labute approximate surface area is 154 Å². The summed E-state index contributed by atoms with van der Waals surface area (Å²) in [6.07, 6.45) is -3.87. The zero-order valence-corrected chi connectivity index (χ0v) is 15.6. The molecule has 0 saturated carbocycles. The molecule has 27 heavy (non-hydrogen) atoms. The maximum Gasteiger partial charge on any atom is 0.421 e. The number of aromatic nitrogens is 2. The lowest BCUT2D eigenvalue weighted by molar-refractivity contribution is -0.137. The van der Waals surface area contributed by atoms with E-state index in [0.717, 1.165) is 6.26 Å². The Balaban J connectivity index is 2.32. The highest BCUT2D eigenvalue weighted by atomic mass is 32.2. The lowest BCUT2D eigenvalue weighted by atomic mass is 10.2. The molecular weight excluding hydrogens is 385 g/mol. The van der Waals surface area contributed by atoms with E-state index < -0.39 is 39.5 Å². The molecule has 3 N–H and O–H groups in total. The predicted molar refractivity (Wildman–Crippen MR) is 94.6 cm³/mol. The molecule has 1 aromatic carbocycles. The average molecular weight is 404 g/mol. The van der Waals surface area contributed by atoms with Crippen LogP contribution in [-0.2, 0) is 16.0 Å². The number of sulfone groups is 1. The molecule has 0 fully saturated rings. The highest BCUT2D eigenvalue weighted by molar-refractivity contribution is 7.90. The highest BCUT2D eigenvalue weighted by Gasteiger charge is 2.35. The lowest BCUT2D eigenvalue weighted by Gasteiger charge is -2.20. The van der Waals surface area contributed by atoms with Crippen LogP contribution in [0.1, 0.15) is 19.4 Å². The van der Waals surface area contributed by atoms with Crippen molar-refractivity contribution >= 4 is 27.3 Å².